The number of benzene rings is 1. The Bertz CT molecular complexity index is 569. The Labute approximate surface area is 127 Å². The van der Waals surface area contributed by atoms with E-state index < -0.39 is 29.0 Å². The zero-order valence-corrected chi connectivity index (χ0v) is 12.2. The average molecular weight is 311 g/mol. The normalized spacial score (nSPS) is 17.0. The summed E-state index contributed by atoms with van der Waals surface area (Å²) in [6.45, 7) is 0. The third-order valence-electron chi connectivity index (χ3n) is 4.12. The van der Waals surface area contributed by atoms with E-state index in [0.29, 0.717) is 12.8 Å². The van der Waals surface area contributed by atoms with Crippen molar-refractivity contribution < 1.29 is 23.5 Å². The van der Waals surface area contributed by atoms with E-state index >= 15 is 0 Å². The van der Waals surface area contributed by atoms with E-state index in [1.165, 1.54) is 0 Å². The maximum Gasteiger partial charge on any atom is 0.329 e. The second-order valence-electron chi connectivity index (χ2n) is 5.73. The number of rotatable bonds is 5. The summed E-state index contributed by atoms with van der Waals surface area (Å²) in [4.78, 5) is 23.5. The van der Waals surface area contributed by atoms with Gasteiger partial charge in [0.2, 0.25) is 5.91 Å². The number of carbonyl (C=O) groups is 2. The molecule has 0 unspecified atom stereocenters. The molecule has 0 aliphatic heterocycles. The van der Waals surface area contributed by atoms with E-state index in [-0.39, 0.29) is 18.4 Å². The number of carbonyl (C=O) groups excluding carboxylic acids is 1. The maximum atomic E-state index is 13.5. The highest BCUT2D eigenvalue weighted by Gasteiger charge is 2.40. The first-order valence-corrected chi connectivity index (χ1v) is 7.41. The number of carboxylic acids is 1. The maximum absolute atomic E-state index is 13.5. The fraction of sp³-hybridized carbons (Fsp3) is 0.500. The van der Waals surface area contributed by atoms with Gasteiger partial charge in [-0.2, -0.15) is 0 Å². The number of aryl methyl sites for hydroxylation is 1. The molecular formula is C16H19F2NO3. The molecule has 2 N–H and O–H groups in total. The summed E-state index contributed by atoms with van der Waals surface area (Å²) >= 11 is 0. The van der Waals surface area contributed by atoms with Crippen molar-refractivity contribution in [3.63, 3.8) is 0 Å². The summed E-state index contributed by atoms with van der Waals surface area (Å²) in [5, 5.41) is 12.0. The van der Waals surface area contributed by atoms with Crippen molar-refractivity contribution >= 4 is 11.9 Å². The number of hydrogen-bond acceptors (Lipinski definition) is 2. The van der Waals surface area contributed by atoms with Gasteiger partial charge in [0.25, 0.3) is 0 Å². The number of carboxylic acid groups (broad SMARTS) is 1. The van der Waals surface area contributed by atoms with Crippen LogP contribution in [0, 0.1) is 11.6 Å². The van der Waals surface area contributed by atoms with Crippen molar-refractivity contribution in [2.75, 3.05) is 0 Å². The first-order valence-electron chi connectivity index (χ1n) is 7.41. The molecule has 6 heteroatoms. The molecule has 1 amide bonds. The van der Waals surface area contributed by atoms with Gasteiger partial charge in [-0.3, -0.25) is 4.79 Å². The lowest BCUT2D eigenvalue weighted by Gasteiger charge is -2.34. The molecule has 1 aliphatic rings. The summed E-state index contributed by atoms with van der Waals surface area (Å²) in [6.07, 6.45) is 3.24. The number of aliphatic carboxylic acids is 1. The van der Waals surface area contributed by atoms with Gasteiger partial charge in [-0.15, -0.1) is 0 Å². The minimum atomic E-state index is -1.21. The van der Waals surface area contributed by atoms with Crippen LogP contribution >= 0.6 is 0 Å². The highest BCUT2D eigenvalue weighted by Crippen LogP contribution is 2.28. The van der Waals surface area contributed by atoms with Crippen molar-refractivity contribution in [2.45, 2.75) is 50.5 Å². The topological polar surface area (TPSA) is 66.4 Å². The molecule has 4 nitrogen and oxygen atoms in total. The van der Waals surface area contributed by atoms with Crippen LogP contribution in [-0.2, 0) is 16.0 Å². The molecule has 0 heterocycles. The van der Waals surface area contributed by atoms with Gasteiger partial charge >= 0.3 is 5.97 Å². The molecular weight excluding hydrogens is 292 g/mol. The smallest absolute Gasteiger partial charge is 0.329 e. The first kappa shape index (κ1) is 16.4. The Kier molecular flexibility index (Phi) is 5.11. The van der Waals surface area contributed by atoms with Crippen molar-refractivity contribution in [1.29, 1.82) is 0 Å². The van der Waals surface area contributed by atoms with E-state index in [9.17, 15) is 23.5 Å². The Morgan fingerprint density at radius 1 is 1.18 bits per heavy atom. The fourth-order valence-corrected chi connectivity index (χ4v) is 2.86. The Balaban J connectivity index is 1.97. The molecule has 1 aliphatic carbocycles. The van der Waals surface area contributed by atoms with Gasteiger partial charge < -0.3 is 10.4 Å². The van der Waals surface area contributed by atoms with E-state index in [2.05, 4.69) is 5.32 Å². The monoisotopic (exact) mass is 311 g/mol. The molecule has 0 bridgehead atoms. The number of halogens is 2. The summed E-state index contributed by atoms with van der Waals surface area (Å²) in [5.74, 6) is -2.61. The minimum absolute atomic E-state index is 0.0329. The molecule has 0 saturated heterocycles. The predicted molar refractivity (Wildman–Crippen MR) is 76.3 cm³/mol. The molecule has 0 atom stereocenters. The quantitative estimate of drug-likeness (QED) is 0.878. The largest absolute Gasteiger partial charge is 0.480 e. The highest BCUT2D eigenvalue weighted by molar-refractivity contribution is 5.87. The summed E-state index contributed by atoms with van der Waals surface area (Å²) in [7, 11) is 0. The second-order valence-corrected chi connectivity index (χ2v) is 5.73. The summed E-state index contributed by atoms with van der Waals surface area (Å²) in [6, 6.07) is 3.08. The molecule has 22 heavy (non-hydrogen) atoms. The first-order chi connectivity index (χ1) is 10.4. The molecule has 1 fully saturated rings. The second kappa shape index (κ2) is 6.85. The zero-order chi connectivity index (χ0) is 16.2. The molecule has 1 saturated carbocycles. The van der Waals surface area contributed by atoms with Crippen LogP contribution in [0.3, 0.4) is 0 Å². The Morgan fingerprint density at radius 2 is 1.86 bits per heavy atom. The van der Waals surface area contributed by atoms with Gasteiger partial charge in [-0.25, -0.2) is 13.6 Å². The molecule has 1 aromatic rings. The zero-order valence-electron chi connectivity index (χ0n) is 12.2. The number of hydrogen-bond donors (Lipinski definition) is 2. The van der Waals surface area contributed by atoms with Crippen LogP contribution in [0.15, 0.2) is 18.2 Å². The highest BCUT2D eigenvalue weighted by atomic mass is 19.1. The lowest BCUT2D eigenvalue weighted by atomic mass is 9.81. The van der Waals surface area contributed by atoms with Crippen LogP contribution in [0.5, 0.6) is 0 Å². The predicted octanol–water partition coefficient (Wildman–Crippen LogP) is 2.80. The minimum Gasteiger partial charge on any atom is -0.480 e. The van der Waals surface area contributed by atoms with Crippen LogP contribution in [0.4, 0.5) is 8.78 Å². The van der Waals surface area contributed by atoms with Crippen molar-refractivity contribution in [2.24, 2.45) is 0 Å². The lowest BCUT2D eigenvalue weighted by molar-refractivity contribution is -0.149. The summed E-state index contributed by atoms with van der Waals surface area (Å²) in [5.41, 5.74) is -1.10. The van der Waals surface area contributed by atoms with Gasteiger partial charge in [0.1, 0.15) is 17.2 Å². The molecule has 2 rings (SSSR count). The molecule has 1 aromatic carbocycles. The molecule has 0 spiro atoms. The molecule has 0 radical (unpaired) electrons. The van der Waals surface area contributed by atoms with E-state index in [4.69, 9.17) is 0 Å². The SMILES string of the molecule is O=C(CCc1cc(F)ccc1F)NC1(C(=O)O)CCCCC1. The van der Waals surface area contributed by atoms with Crippen molar-refractivity contribution in [3.8, 4) is 0 Å². The fourth-order valence-electron chi connectivity index (χ4n) is 2.86. The van der Waals surface area contributed by atoms with Crippen LogP contribution < -0.4 is 5.32 Å². The van der Waals surface area contributed by atoms with Gasteiger partial charge in [0, 0.05) is 6.42 Å². The Hall–Kier alpha value is -1.98. The van der Waals surface area contributed by atoms with Crippen LogP contribution in [0.1, 0.15) is 44.1 Å². The third-order valence-corrected chi connectivity index (χ3v) is 4.12. The molecule has 0 aromatic heterocycles. The number of amides is 1. The van der Waals surface area contributed by atoms with E-state index in [1.807, 2.05) is 0 Å². The van der Waals surface area contributed by atoms with Gasteiger partial charge in [0.05, 0.1) is 0 Å². The van der Waals surface area contributed by atoms with E-state index in [0.717, 1.165) is 37.5 Å². The van der Waals surface area contributed by atoms with Crippen molar-refractivity contribution in [1.82, 2.24) is 5.32 Å². The Morgan fingerprint density at radius 3 is 2.50 bits per heavy atom. The van der Waals surface area contributed by atoms with E-state index in [1.54, 1.807) is 0 Å². The third kappa shape index (κ3) is 3.81. The van der Waals surface area contributed by atoms with Crippen molar-refractivity contribution in [3.05, 3.63) is 35.4 Å². The van der Waals surface area contributed by atoms with Crippen LogP contribution in [0.25, 0.3) is 0 Å². The van der Waals surface area contributed by atoms with Crippen LogP contribution in [0.2, 0.25) is 0 Å². The average Bonchev–Trinajstić information content (AvgIpc) is 2.49. The van der Waals surface area contributed by atoms with Crippen LogP contribution in [-0.4, -0.2) is 22.5 Å². The molecule has 120 valence electrons. The lowest BCUT2D eigenvalue weighted by Crippen LogP contribution is -2.55. The standard InChI is InChI=1S/C16H19F2NO3/c17-12-5-6-13(18)11(10-12)4-7-14(20)19-16(15(21)22)8-2-1-3-9-16/h5-6,10H,1-4,7-9H2,(H,19,20)(H,21,22). The summed E-state index contributed by atoms with van der Waals surface area (Å²) < 4.78 is 26.6. The van der Waals surface area contributed by atoms with Gasteiger partial charge in [-0.05, 0) is 43.0 Å². The number of nitrogens with one attached hydrogen (secondary N) is 1. The van der Waals surface area contributed by atoms with Gasteiger partial charge in [-0.1, -0.05) is 19.3 Å². The van der Waals surface area contributed by atoms with Gasteiger partial charge in [0.15, 0.2) is 0 Å².